The molecule has 5 heterocycles. The van der Waals surface area contributed by atoms with E-state index in [0.29, 0.717) is 37.1 Å². The van der Waals surface area contributed by atoms with Gasteiger partial charge in [-0.15, -0.1) is 11.8 Å². The zero-order valence-electron chi connectivity index (χ0n) is 90.3. The minimum atomic E-state index is -5.08. The molecule has 5 aliphatic heterocycles. The number of carboxylic acids is 1. The molecule has 0 radical (unpaired) electrons. The van der Waals surface area contributed by atoms with Gasteiger partial charge in [0.05, 0.1) is 34.0 Å². The number of carboxylic acid groups (broad SMARTS) is 1. The summed E-state index contributed by atoms with van der Waals surface area (Å²) in [6.45, 7) is 37.2. The average molecular weight is 2430 g/mol. The third-order valence-electron chi connectivity index (χ3n) is 23.7. The first-order valence-corrected chi connectivity index (χ1v) is 59.9. The van der Waals surface area contributed by atoms with Crippen LogP contribution in [0.15, 0.2) is 279 Å². The van der Waals surface area contributed by atoms with Gasteiger partial charge >= 0.3 is 70.6 Å². The fourth-order valence-corrected chi connectivity index (χ4v) is 19.3. The Balaban J connectivity index is 0.000000465. The molecule has 0 spiro atoms. The van der Waals surface area contributed by atoms with Crippen LogP contribution in [0.3, 0.4) is 0 Å². The molecule has 5 aliphatic rings. The number of benzene rings is 9. The number of fused-ring (bicyclic) bond motifs is 4. The van der Waals surface area contributed by atoms with Crippen LogP contribution in [0.4, 0.5) is 35.9 Å². The van der Waals surface area contributed by atoms with E-state index in [2.05, 4.69) is 187 Å². The number of amides is 4. The number of carbonyl (C=O) groups is 5. The number of nitrogens with two attached hydrogens (primary N) is 1. The Morgan fingerprint density at radius 3 is 0.920 bits per heavy atom. The van der Waals surface area contributed by atoms with E-state index >= 15 is 0 Å². The maximum absolute atomic E-state index is 13.2. The Morgan fingerprint density at radius 2 is 0.640 bits per heavy atom. The Labute approximate surface area is 981 Å². The summed E-state index contributed by atoms with van der Waals surface area (Å²) in [6, 6.07) is 62.9. The first-order valence-electron chi connectivity index (χ1n) is 49.3. The van der Waals surface area contributed by atoms with Crippen LogP contribution in [0.25, 0.3) is 46.6 Å². The van der Waals surface area contributed by atoms with Gasteiger partial charge in [0.25, 0.3) is 0 Å². The molecule has 0 bridgehead atoms. The van der Waals surface area contributed by atoms with E-state index < -0.39 is 62.5 Å². The second kappa shape index (κ2) is 65.8. The molecular weight excluding hydrogens is 2290 g/mol. The Morgan fingerprint density at radius 1 is 0.400 bits per heavy atom. The number of hydrogen-bond acceptors (Lipinski definition) is 17. The summed E-state index contributed by atoms with van der Waals surface area (Å²) in [5, 5.41) is 7.12. The molecular formula is C115H146BBr4F3KN9O12S5. The zero-order chi connectivity index (χ0) is 109. The molecule has 1 fully saturated rings. The molecule has 3 N–H and O–H groups in total. The maximum atomic E-state index is 13.2. The third kappa shape index (κ3) is 42.3. The van der Waals surface area contributed by atoms with E-state index in [1.807, 2.05) is 235 Å². The quantitative estimate of drug-likeness (QED) is 0.0341. The molecule has 0 aliphatic carbocycles. The second-order valence-corrected chi connectivity index (χ2v) is 46.7. The van der Waals surface area contributed by atoms with Crippen molar-refractivity contribution in [3.05, 3.63) is 257 Å². The number of thioether (sulfide) groups is 1. The van der Waals surface area contributed by atoms with Gasteiger partial charge in [-0.05, 0) is 286 Å². The van der Waals surface area contributed by atoms with Crippen LogP contribution in [0, 0.1) is 0 Å². The van der Waals surface area contributed by atoms with Crippen molar-refractivity contribution in [3.63, 3.8) is 0 Å². The van der Waals surface area contributed by atoms with Crippen molar-refractivity contribution in [2.45, 2.75) is 230 Å². The van der Waals surface area contributed by atoms with E-state index in [-0.39, 0.29) is 96.5 Å². The predicted octanol–water partition coefficient (Wildman–Crippen LogP) is 25.8. The average Bonchev–Trinajstić information content (AvgIpc) is 1.62. The van der Waals surface area contributed by atoms with Crippen LogP contribution in [-0.4, -0.2) is 202 Å². The van der Waals surface area contributed by atoms with E-state index in [9.17, 15) is 49.2 Å². The Hall–Kier alpha value is -7.95. The molecule has 150 heavy (non-hydrogen) atoms. The van der Waals surface area contributed by atoms with Crippen molar-refractivity contribution in [2.75, 3.05) is 83.6 Å². The summed E-state index contributed by atoms with van der Waals surface area (Å²) < 4.78 is 93.3. The Bertz CT molecular complexity index is 6160. The van der Waals surface area contributed by atoms with Gasteiger partial charge in [-0.25, -0.2) is 9.79 Å². The van der Waals surface area contributed by atoms with E-state index in [4.69, 9.17) is 34.9 Å². The molecule has 4 amide bonds. The van der Waals surface area contributed by atoms with Crippen molar-refractivity contribution < 1.29 is 123 Å². The van der Waals surface area contributed by atoms with Crippen molar-refractivity contribution in [2.24, 2.45) is 25.7 Å². The van der Waals surface area contributed by atoms with Crippen LogP contribution < -0.4 is 62.6 Å². The van der Waals surface area contributed by atoms with Crippen LogP contribution in [0.5, 0.6) is 0 Å². The minimum Gasteiger partial charge on any atom is -1.00 e. The van der Waals surface area contributed by atoms with Gasteiger partial charge in [0.2, 0.25) is 23.6 Å². The van der Waals surface area contributed by atoms with Gasteiger partial charge in [0, 0.05) is 252 Å². The van der Waals surface area contributed by atoms with E-state index in [1.54, 1.807) is 36.8 Å². The summed E-state index contributed by atoms with van der Waals surface area (Å²) in [5.41, 5.74) is 23.7. The number of nitrogens with zero attached hydrogens (tertiary/aromatic N) is 8. The molecule has 21 nitrogen and oxygen atoms in total. The smallest absolute Gasteiger partial charge is 1.00 e. The number of hydrogen-bond donors (Lipinski definition) is 2. The molecule has 14 rings (SSSR count). The second-order valence-electron chi connectivity index (χ2n) is 36.6. The number of rotatable bonds is 28. The molecule has 1 saturated heterocycles. The summed E-state index contributed by atoms with van der Waals surface area (Å²) in [4.78, 5) is 92.4. The molecule has 0 aromatic heterocycles. The van der Waals surface area contributed by atoms with Crippen molar-refractivity contribution in [3.8, 4) is 22.3 Å². The van der Waals surface area contributed by atoms with Crippen LogP contribution in [-0.2, 0) is 76.5 Å². The first kappa shape index (κ1) is 132. The SMILES string of the molecule is C.CCCN(CCC)C(=O)C1=Cc2ccc(-c3ccc(S(C)=O)cc3)cc2N=C(C)C1.CCCN(CCC)C(=O)C1=Cc2ccc(-c3ccc(S(C)=O)cc3)cc2N=C(N)C1.CCCN(CCC)C(=O)C1=Cc2ccc(B3OC(C)(C)C(C)(C)O3)cc2N=C(C)C1.CCCN(CCC)C(=O)C1=Cc2ccc(Br)cc2N=C(C)C1.CS(=O)c1ccc(Br)cc1.CS(=O)c1ccc(Br)cc1.CSc1ccc(Br)cc1.O=C(O)C(F)(F)F.[H-].[HH].[K+]. The van der Waals surface area contributed by atoms with Gasteiger partial charge in [-0.3, -0.25) is 51.0 Å². The van der Waals surface area contributed by atoms with Crippen LogP contribution in [0.1, 0.15) is 213 Å². The van der Waals surface area contributed by atoms with Gasteiger partial charge < -0.3 is 41.2 Å². The van der Waals surface area contributed by atoms with Gasteiger partial charge in [-0.2, -0.15) is 13.2 Å². The van der Waals surface area contributed by atoms with Crippen molar-refractivity contribution >= 4 is 231 Å². The Kier molecular flexibility index (Phi) is 58.1. The summed E-state index contributed by atoms with van der Waals surface area (Å²) >= 11 is 15.2. The fraction of sp³-hybridized carbons (Fsp3) is 0.383. The monoisotopic (exact) mass is 2430 g/mol. The first-order chi connectivity index (χ1) is 70.1. The molecule has 4 atom stereocenters. The van der Waals surface area contributed by atoms with Crippen LogP contribution >= 0.6 is 75.5 Å². The van der Waals surface area contributed by atoms with E-state index in [0.717, 1.165) is 248 Å². The molecule has 806 valence electrons. The van der Waals surface area contributed by atoms with E-state index in [1.165, 1.54) is 4.90 Å². The van der Waals surface area contributed by atoms with Gasteiger partial charge in [0.15, 0.2) is 0 Å². The zero-order valence-corrected chi connectivity index (χ0v) is 103. The summed E-state index contributed by atoms with van der Waals surface area (Å²) in [6.07, 6.45) is 21.4. The largest absolute Gasteiger partial charge is 1.00 e. The number of aliphatic imine (C=N–C) groups is 4. The molecule has 35 heteroatoms. The van der Waals surface area contributed by atoms with Crippen LogP contribution in [0.2, 0.25) is 0 Å². The van der Waals surface area contributed by atoms with Gasteiger partial charge in [0.1, 0.15) is 5.84 Å². The molecule has 4 unspecified atom stereocenters. The summed E-state index contributed by atoms with van der Waals surface area (Å²) in [5.74, 6) is -1.89. The standard InChI is InChI=1S/C25H30N2O2S.C24H35BN2O3.C24H29N3O2S.C18H23BrN2O.2C7H7BrOS.C7H7BrS.C2HF3O2.CH4.K.H2.H/c1-5-13-27(14-6-2)25(28)22-15-18(3)26-24-17-20(7-8-21(24)16-22)19-9-11-23(12-10-19)30(4)29;1-8-12-27(13-9-2)22(28)19-14-17(3)26-21-16-20(11-10-18(21)15-19)25-29-23(4,5)24(6,7)30-25;1-4-12-27(13-5-2)24(28)20-14-19-7-6-18(15-22(19)26-23(25)16-20)17-8-10-21(11-9-17)30(3)29;1-4-8-21(9-5-2)18(22)15-10-13(3)20-17-12-16(19)7-6-14(17)11-15;2*1-10(9)7-4-2-6(8)3-5-7;1-9-7-4-2-6(8)3-5-7;3-2(4,5)1(6)7;;;;/h7-12,16-17H,5-6,13-15H2,1-4H3;10-11,15-16H,8-9,12-14H2,1-7H3;6-11,14-15H,4-5,12-13,16H2,1-3H3,(H2,25,26);6-7,11-12H,4-5,8-10H2,1-3H3;2*2-5H,1H3;2-5H,1H3;(H,6,7);1H4;;1H;/q;;;;;;;;;+1;;-1. The maximum Gasteiger partial charge on any atom is 1.00 e. The normalized spacial score (nSPS) is 14.5. The van der Waals surface area contributed by atoms with Crippen molar-refractivity contribution in [1.82, 2.24) is 19.6 Å². The number of aliphatic carboxylic acids is 1. The minimum absolute atomic E-state index is 0. The fourth-order valence-electron chi connectivity index (χ4n) is 15.7. The van der Waals surface area contributed by atoms with Crippen molar-refractivity contribution in [1.29, 1.82) is 0 Å². The number of carbonyl (C=O) groups excluding carboxylic acids is 4. The molecule has 0 saturated carbocycles. The number of halogens is 7. The third-order valence-corrected chi connectivity index (χ3v) is 30.2. The van der Waals surface area contributed by atoms with Gasteiger partial charge in [-0.1, -0.05) is 193 Å². The topological polar surface area (TPSA) is 281 Å². The molecule has 9 aromatic rings. The number of amidine groups is 1. The molecule has 9 aromatic carbocycles. The number of alkyl halides is 3. The predicted molar refractivity (Wildman–Crippen MR) is 636 cm³/mol. The summed E-state index contributed by atoms with van der Waals surface area (Å²) in [7, 11) is -4.12.